The first kappa shape index (κ1) is 18.3. The van der Waals surface area contributed by atoms with Gasteiger partial charge in [-0.3, -0.25) is 9.69 Å². The lowest BCUT2D eigenvalue weighted by molar-refractivity contribution is 0.241. The van der Waals surface area contributed by atoms with Gasteiger partial charge in [-0.25, -0.2) is 19.9 Å². The molecular weight excluding hydrogens is 388 g/mol. The van der Waals surface area contributed by atoms with Crippen molar-refractivity contribution in [2.75, 3.05) is 6.54 Å². The summed E-state index contributed by atoms with van der Waals surface area (Å²) in [6.07, 6.45) is 9.78. The summed E-state index contributed by atoms with van der Waals surface area (Å²) in [7, 11) is 0. The van der Waals surface area contributed by atoms with E-state index in [1.54, 1.807) is 12.4 Å². The summed E-state index contributed by atoms with van der Waals surface area (Å²) in [5.74, 6) is 0.662. The Morgan fingerprint density at radius 3 is 2.81 bits per heavy atom. The fraction of sp³-hybridized carbons (Fsp3) is 0.292. The van der Waals surface area contributed by atoms with Crippen LogP contribution in [0.5, 0.6) is 0 Å². The summed E-state index contributed by atoms with van der Waals surface area (Å²) >= 11 is 0. The third kappa shape index (κ3) is 3.21. The fourth-order valence-corrected chi connectivity index (χ4v) is 4.84. The van der Waals surface area contributed by atoms with Crippen LogP contribution in [0.4, 0.5) is 0 Å². The minimum absolute atomic E-state index is 0.154. The smallest absolute Gasteiger partial charge is 0.255 e. The normalized spacial score (nSPS) is 15.7. The predicted molar refractivity (Wildman–Crippen MR) is 117 cm³/mol. The second-order valence-corrected chi connectivity index (χ2v) is 8.34. The van der Waals surface area contributed by atoms with Crippen LogP contribution in [0.15, 0.2) is 54.0 Å². The topological polar surface area (TPSA) is 76.8 Å². The number of nitrogens with zero attached hydrogens (tertiary/aromatic N) is 6. The largest absolute Gasteiger partial charge is 0.308 e. The van der Waals surface area contributed by atoms with E-state index in [1.165, 1.54) is 17.3 Å². The van der Waals surface area contributed by atoms with Crippen LogP contribution in [0.2, 0.25) is 0 Å². The zero-order valence-corrected chi connectivity index (χ0v) is 17.2. The molecule has 2 aliphatic heterocycles. The molecule has 0 unspecified atom stereocenters. The lowest BCUT2D eigenvalue weighted by Crippen LogP contribution is -2.35. The maximum absolute atomic E-state index is 13.2. The molecule has 0 saturated carbocycles. The van der Waals surface area contributed by atoms with E-state index in [0.717, 1.165) is 66.8 Å². The average Bonchev–Trinajstić information content (AvgIpc) is 2.82. The molecule has 7 nitrogen and oxygen atoms in total. The highest BCUT2D eigenvalue weighted by molar-refractivity contribution is 5.83. The van der Waals surface area contributed by atoms with E-state index in [0.29, 0.717) is 12.4 Å². The maximum Gasteiger partial charge on any atom is 0.255 e. The number of fused-ring (bicyclic) bond motifs is 1. The number of hydrogen-bond donors (Lipinski definition) is 0. The molecular formula is C24H22N6O. The van der Waals surface area contributed by atoms with Gasteiger partial charge in [0.05, 0.1) is 16.8 Å². The molecule has 2 aliphatic rings. The van der Waals surface area contributed by atoms with Gasteiger partial charge >= 0.3 is 0 Å². The van der Waals surface area contributed by atoms with Gasteiger partial charge in [0.2, 0.25) is 0 Å². The molecule has 0 saturated heterocycles. The van der Waals surface area contributed by atoms with Gasteiger partial charge in [-0.15, -0.1) is 0 Å². The highest BCUT2D eigenvalue weighted by atomic mass is 16.1. The Balaban J connectivity index is 1.28. The molecule has 4 aromatic rings. The van der Waals surface area contributed by atoms with Crippen molar-refractivity contribution in [1.29, 1.82) is 0 Å². The molecule has 31 heavy (non-hydrogen) atoms. The van der Waals surface area contributed by atoms with Gasteiger partial charge in [-0.1, -0.05) is 18.2 Å². The maximum atomic E-state index is 13.2. The second kappa shape index (κ2) is 7.35. The van der Waals surface area contributed by atoms with E-state index in [9.17, 15) is 4.79 Å². The second-order valence-electron chi connectivity index (χ2n) is 8.34. The summed E-state index contributed by atoms with van der Waals surface area (Å²) in [4.78, 5) is 32.9. The van der Waals surface area contributed by atoms with Gasteiger partial charge in [0, 0.05) is 62.3 Å². The lowest BCUT2D eigenvalue weighted by Gasteiger charge is -2.28. The first-order valence-corrected chi connectivity index (χ1v) is 10.7. The van der Waals surface area contributed by atoms with Crippen LogP contribution in [0, 0.1) is 0 Å². The number of hydrogen-bond acceptors (Lipinski definition) is 6. The lowest BCUT2D eigenvalue weighted by atomic mass is 9.99. The highest BCUT2D eigenvalue weighted by Crippen LogP contribution is 2.25. The van der Waals surface area contributed by atoms with Crippen LogP contribution >= 0.6 is 0 Å². The molecule has 1 aromatic carbocycles. The summed E-state index contributed by atoms with van der Waals surface area (Å²) in [5.41, 5.74) is 6.45. The van der Waals surface area contributed by atoms with Crippen LogP contribution < -0.4 is 5.56 Å². The molecule has 0 atom stereocenters. The molecule has 0 radical (unpaired) electrons. The molecule has 7 heteroatoms. The highest BCUT2D eigenvalue weighted by Gasteiger charge is 2.22. The first-order valence-electron chi connectivity index (χ1n) is 10.7. The van der Waals surface area contributed by atoms with Crippen LogP contribution in [0.1, 0.15) is 28.8 Å². The van der Waals surface area contributed by atoms with Gasteiger partial charge in [0.1, 0.15) is 6.33 Å². The zero-order chi connectivity index (χ0) is 20.8. The van der Waals surface area contributed by atoms with Crippen molar-refractivity contribution in [3.8, 4) is 11.4 Å². The number of aromatic nitrogens is 5. The molecule has 0 bridgehead atoms. The van der Waals surface area contributed by atoms with Gasteiger partial charge in [-0.2, -0.15) is 0 Å². The SMILES string of the molecule is O=c1c(CN2CCc3nc(-c4cncnc4)ncc3C2)cc2cccc3c2n1CCC3. The van der Waals surface area contributed by atoms with E-state index in [2.05, 4.69) is 44.1 Å². The van der Waals surface area contributed by atoms with Gasteiger partial charge in [-0.05, 0) is 29.9 Å². The average molecular weight is 410 g/mol. The van der Waals surface area contributed by atoms with Crippen molar-refractivity contribution >= 4 is 10.9 Å². The minimum atomic E-state index is 0.154. The third-order valence-corrected chi connectivity index (χ3v) is 6.32. The standard InChI is InChI=1S/C24H22N6O/c31-24-18(9-17-4-1-3-16-5-2-7-30(24)22(16)17)13-29-8-6-21-20(14-29)12-27-23(28-21)19-10-25-15-26-11-19/h1,3-4,9-12,15H,2,5-8,13-14H2. The van der Waals surface area contributed by atoms with E-state index < -0.39 is 0 Å². The Morgan fingerprint density at radius 2 is 1.90 bits per heavy atom. The summed E-state index contributed by atoms with van der Waals surface area (Å²) in [6, 6.07) is 8.46. The van der Waals surface area contributed by atoms with Crippen LogP contribution in [-0.2, 0) is 32.5 Å². The van der Waals surface area contributed by atoms with E-state index in [-0.39, 0.29) is 5.56 Å². The molecule has 5 heterocycles. The number of aryl methyl sites for hydroxylation is 2. The minimum Gasteiger partial charge on any atom is -0.308 e. The molecule has 0 N–H and O–H groups in total. The van der Waals surface area contributed by atoms with Crippen molar-refractivity contribution in [3.05, 3.63) is 81.9 Å². The molecule has 154 valence electrons. The quantitative estimate of drug-likeness (QED) is 0.517. The van der Waals surface area contributed by atoms with Crippen LogP contribution in [0.25, 0.3) is 22.3 Å². The number of para-hydroxylation sites is 1. The Kier molecular flexibility index (Phi) is 4.35. The van der Waals surface area contributed by atoms with Crippen LogP contribution in [0.3, 0.4) is 0 Å². The summed E-state index contributed by atoms with van der Waals surface area (Å²) in [5, 5.41) is 1.17. The monoisotopic (exact) mass is 410 g/mol. The van der Waals surface area contributed by atoms with Crippen molar-refractivity contribution < 1.29 is 0 Å². The van der Waals surface area contributed by atoms with Gasteiger partial charge in [0.15, 0.2) is 5.82 Å². The Hall–Kier alpha value is -3.45. The molecule has 0 amide bonds. The van der Waals surface area contributed by atoms with Crippen LogP contribution in [-0.4, -0.2) is 35.9 Å². The Labute approximate surface area is 179 Å². The molecule has 3 aromatic heterocycles. The third-order valence-electron chi connectivity index (χ3n) is 6.32. The van der Waals surface area contributed by atoms with E-state index in [1.807, 2.05) is 10.8 Å². The Bertz CT molecular complexity index is 1350. The molecule has 6 rings (SSSR count). The van der Waals surface area contributed by atoms with Crippen molar-refractivity contribution in [3.63, 3.8) is 0 Å². The first-order chi connectivity index (χ1) is 15.3. The van der Waals surface area contributed by atoms with Crippen molar-refractivity contribution in [2.45, 2.75) is 38.9 Å². The van der Waals surface area contributed by atoms with Gasteiger partial charge < -0.3 is 4.57 Å². The zero-order valence-electron chi connectivity index (χ0n) is 17.2. The Morgan fingerprint density at radius 1 is 1.00 bits per heavy atom. The molecule has 0 spiro atoms. The fourth-order valence-electron chi connectivity index (χ4n) is 4.84. The van der Waals surface area contributed by atoms with Crippen molar-refractivity contribution in [2.24, 2.45) is 0 Å². The summed E-state index contributed by atoms with van der Waals surface area (Å²) in [6.45, 7) is 3.07. The van der Waals surface area contributed by atoms with E-state index in [4.69, 9.17) is 4.98 Å². The molecule has 0 fully saturated rings. The number of rotatable bonds is 3. The molecule has 0 aliphatic carbocycles. The van der Waals surface area contributed by atoms with Gasteiger partial charge in [0.25, 0.3) is 5.56 Å². The van der Waals surface area contributed by atoms with E-state index >= 15 is 0 Å². The van der Waals surface area contributed by atoms with Crippen molar-refractivity contribution in [1.82, 2.24) is 29.4 Å². The predicted octanol–water partition coefficient (Wildman–Crippen LogP) is 2.75. The number of pyridine rings is 1. The summed E-state index contributed by atoms with van der Waals surface area (Å²) < 4.78 is 1.98. The number of benzene rings is 1.